The van der Waals surface area contributed by atoms with Gasteiger partial charge in [0.2, 0.25) is 0 Å². The van der Waals surface area contributed by atoms with Crippen LogP contribution in [0.4, 0.5) is 0 Å². The number of aliphatic hydroxyl groups is 1. The van der Waals surface area contributed by atoms with Crippen LogP contribution in [0.1, 0.15) is 25.7 Å². The third-order valence-electron chi connectivity index (χ3n) is 2.80. The fraction of sp³-hybridized carbons (Fsp3) is 0.357. The van der Waals surface area contributed by atoms with Crippen molar-refractivity contribution in [1.82, 2.24) is 4.98 Å². The van der Waals surface area contributed by atoms with Crippen LogP contribution >= 0.6 is 11.8 Å². The van der Waals surface area contributed by atoms with Gasteiger partial charge in [-0.1, -0.05) is 36.1 Å². The maximum atomic E-state index is 10.2. The van der Waals surface area contributed by atoms with Crippen molar-refractivity contribution in [2.24, 2.45) is 0 Å². The van der Waals surface area contributed by atoms with Crippen molar-refractivity contribution in [2.75, 3.05) is 0 Å². The first-order valence-electron chi connectivity index (χ1n) is 5.91. The SMILES string of the molecule is OC1(C/C=C/Sc2ccccn2)C=CCCC1. The van der Waals surface area contributed by atoms with E-state index in [1.54, 1.807) is 18.0 Å². The molecular weight excluding hydrogens is 230 g/mol. The lowest BCUT2D eigenvalue weighted by molar-refractivity contribution is 0.0779. The first kappa shape index (κ1) is 12.4. The van der Waals surface area contributed by atoms with E-state index < -0.39 is 5.60 Å². The van der Waals surface area contributed by atoms with Crippen molar-refractivity contribution in [1.29, 1.82) is 0 Å². The summed E-state index contributed by atoms with van der Waals surface area (Å²) in [6.45, 7) is 0. The summed E-state index contributed by atoms with van der Waals surface area (Å²) in [5, 5.41) is 13.2. The first-order valence-corrected chi connectivity index (χ1v) is 6.79. The summed E-state index contributed by atoms with van der Waals surface area (Å²) < 4.78 is 0. The van der Waals surface area contributed by atoms with Crippen molar-refractivity contribution < 1.29 is 5.11 Å². The Hall–Kier alpha value is -1.06. The number of thioether (sulfide) groups is 1. The Bertz CT molecular complexity index is 402. The molecule has 90 valence electrons. The zero-order valence-electron chi connectivity index (χ0n) is 9.75. The zero-order chi connectivity index (χ0) is 12.0. The third kappa shape index (κ3) is 4.02. The van der Waals surface area contributed by atoms with Gasteiger partial charge in [0, 0.05) is 6.20 Å². The Kier molecular flexibility index (Phi) is 4.40. The molecule has 1 unspecified atom stereocenters. The standard InChI is InChI=1S/C14H17NOS/c16-14(8-3-1-4-9-14)10-6-12-17-13-7-2-5-11-15-13/h2-3,5-8,11-12,16H,1,4,9-10H2/b12-6+. The molecule has 3 heteroatoms. The largest absolute Gasteiger partial charge is 0.385 e. The van der Waals surface area contributed by atoms with Crippen molar-refractivity contribution in [2.45, 2.75) is 36.3 Å². The zero-order valence-corrected chi connectivity index (χ0v) is 10.6. The summed E-state index contributed by atoms with van der Waals surface area (Å²) in [7, 11) is 0. The molecule has 1 N–H and O–H groups in total. The van der Waals surface area contributed by atoms with Crippen LogP contribution in [0.2, 0.25) is 0 Å². The summed E-state index contributed by atoms with van der Waals surface area (Å²) in [6.07, 6.45) is 11.5. The Morgan fingerprint density at radius 2 is 2.41 bits per heavy atom. The summed E-state index contributed by atoms with van der Waals surface area (Å²) in [5.41, 5.74) is -0.626. The molecule has 0 saturated carbocycles. The monoisotopic (exact) mass is 247 g/mol. The maximum absolute atomic E-state index is 10.2. The Morgan fingerprint density at radius 3 is 3.12 bits per heavy atom. The highest BCUT2D eigenvalue weighted by molar-refractivity contribution is 8.02. The lowest BCUT2D eigenvalue weighted by Crippen LogP contribution is -2.26. The maximum Gasteiger partial charge on any atom is 0.100 e. The number of allylic oxidation sites excluding steroid dienone is 1. The molecule has 0 radical (unpaired) electrons. The second kappa shape index (κ2) is 6.03. The van der Waals surface area contributed by atoms with Crippen molar-refractivity contribution >= 4 is 11.8 Å². The first-order chi connectivity index (χ1) is 8.29. The molecule has 1 aromatic heterocycles. The van der Waals surface area contributed by atoms with E-state index in [4.69, 9.17) is 0 Å². The molecule has 0 bridgehead atoms. The number of aromatic nitrogens is 1. The number of hydrogen-bond acceptors (Lipinski definition) is 3. The molecule has 1 aromatic rings. The second-order valence-corrected chi connectivity index (χ2v) is 5.19. The van der Waals surface area contributed by atoms with E-state index in [9.17, 15) is 5.11 Å². The third-order valence-corrected chi connectivity index (χ3v) is 3.61. The number of rotatable bonds is 4. The van der Waals surface area contributed by atoms with Gasteiger partial charge in [-0.15, -0.1) is 0 Å². The highest BCUT2D eigenvalue weighted by atomic mass is 32.2. The quantitative estimate of drug-likeness (QED) is 0.652. The molecule has 1 heterocycles. The van der Waals surface area contributed by atoms with Crippen LogP contribution in [0.15, 0.2) is 53.1 Å². The Balaban J connectivity index is 1.82. The molecule has 0 amide bonds. The van der Waals surface area contributed by atoms with Crippen LogP contribution in [0.5, 0.6) is 0 Å². The fourth-order valence-corrected chi connectivity index (χ4v) is 2.48. The highest BCUT2D eigenvalue weighted by Gasteiger charge is 2.23. The minimum absolute atomic E-state index is 0.626. The van der Waals surface area contributed by atoms with Crippen molar-refractivity contribution in [3.8, 4) is 0 Å². The minimum Gasteiger partial charge on any atom is -0.385 e. The van der Waals surface area contributed by atoms with Gasteiger partial charge < -0.3 is 5.11 Å². The molecule has 1 atom stereocenters. The van der Waals surface area contributed by atoms with E-state index in [-0.39, 0.29) is 0 Å². The molecule has 0 fully saturated rings. The molecule has 0 aliphatic heterocycles. The summed E-state index contributed by atoms with van der Waals surface area (Å²) in [4.78, 5) is 4.22. The molecule has 1 aliphatic rings. The van der Waals surface area contributed by atoms with Gasteiger partial charge in [-0.2, -0.15) is 0 Å². The summed E-state index contributed by atoms with van der Waals surface area (Å²) in [6, 6.07) is 5.86. The summed E-state index contributed by atoms with van der Waals surface area (Å²) >= 11 is 1.58. The normalized spacial score (nSPS) is 24.3. The molecule has 0 spiro atoms. The second-order valence-electron chi connectivity index (χ2n) is 4.26. The highest BCUT2D eigenvalue weighted by Crippen LogP contribution is 2.26. The smallest absolute Gasteiger partial charge is 0.100 e. The van der Waals surface area contributed by atoms with Gasteiger partial charge in [0.05, 0.1) is 5.60 Å². The van der Waals surface area contributed by atoms with Crippen LogP contribution in [0.25, 0.3) is 0 Å². The number of nitrogens with zero attached hydrogens (tertiary/aromatic N) is 1. The fourth-order valence-electron chi connectivity index (χ4n) is 1.87. The average molecular weight is 247 g/mol. The van der Waals surface area contributed by atoms with Gasteiger partial charge in [0.25, 0.3) is 0 Å². The molecular formula is C14H17NOS. The van der Waals surface area contributed by atoms with E-state index in [0.717, 1.165) is 24.3 Å². The molecule has 1 aliphatic carbocycles. The Labute approximate surface area is 106 Å². The average Bonchev–Trinajstić information content (AvgIpc) is 2.37. The van der Waals surface area contributed by atoms with E-state index in [1.165, 1.54) is 0 Å². The van der Waals surface area contributed by atoms with Gasteiger partial charge in [0.15, 0.2) is 0 Å². The molecule has 0 aromatic carbocycles. The van der Waals surface area contributed by atoms with Crippen molar-refractivity contribution in [3.63, 3.8) is 0 Å². The molecule has 2 rings (SSSR count). The van der Waals surface area contributed by atoms with E-state index in [2.05, 4.69) is 11.1 Å². The predicted octanol–water partition coefficient (Wildman–Crippen LogP) is 3.55. The van der Waals surface area contributed by atoms with Gasteiger partial charge in [0.1, 0.15) is 5.03 Å². The van der Waals surface area contributed by atoms with Crippen molar-refractivity contribution in [3.05, 3.63) is 48.0 Å². The number of hydrogen-bond donors (Lipinski definition) is 1. The lowest BCUT2D eigenvalue weighted by atomic mass is 9.88. The van der Waals surface area contributed by atoms with Gasteiger partial charge in [-0.3, -0.25) is 0 Å². The van der Waals surface area contributed by atoms with Gasteiger partial charge in [-0.25, -0.2) is 4.98 Å². The lowest BCUT2D eigenvalue weighted by Gasteiger charge is -2.25. The van der Waals surface area contributed by atoms with Crippen LogP contribution in [-0.4, -0.2) is 15.7 Å². The van der Waals surface area contributed by atoms with Gasteiger partial charge >= 0.3 is 0 Å². The summed E-state index contributed by atoms with van der Waals surface area (Å²) in [5.74, 6) is 0. The van der Waals surface area contributed by atoms with Gasteiger partial charge in [-0.05, 0) is 43.2 Å². The van der Waals surface area contributed by atoms with E-state index >= 15 is 0 Å². The minimum atomic E-state index is -0.626. The molecule has 17 heavy (non-hydrogen) atoms. The van der Waals surface area contributed by atoms with Crippen LogP contribution in [-0.2, 0) is 0 Å². The number of pyridine rings is 1. The molecule has 0 saturated heterocycles. The van der Waals surface area contributed by atoms with Crippen LogP contribution in [0, 0.1) is 0 Å². The topological polar surface area (TPSA) is 33.1 Å². The predicted molar refractivity (Wildman–Crippen MR) is 71.8 cm³/mol. The Morgan fingerprint density at radius 1 is 1.47 bits per heavy atom. The van der Waals surface area contributed by atoms with Crippen LogP contribution < -0.4 is 0 Å². The molecule has 2 nitrogen and oxygen atoms in total. The van der Waals surface area contributed by atoms with Crippen LogP contribution in [0.3, 0.4) is 0 Å². The van der Waals surface area contributed by atoms with E-state index in [0.29, 0.717) is 6.42 Å². The van der Waals surface area contributed by atoms with E-state index in [1.807, 2.05) is 35.8 Å².